The fraction of sp³-hybridized carbons (Fsp3) is 0.438. The molecule has 0 unspecified atom stereocenters. The fourth-order valence-electron chi connectivity index (χ4n) is 2.61. The van der Waals surface area contributed by atoms with Crippen molar-refractivity contribution in [2.45, 2.75) is 46.2 Å². The third kappa shape index (κ3) is 6.80. The van der Waals surface area contributed by atoms with Gasteiger partial charge < -0.3 is 10.0 Å². The molecule has 2 aromatic rings. The van der Waals surface area contributed by atoms with E-state index in [-0.39, 0.29) is 51.1 Å². The molecule has 2 heterocycles. The number of rotatable bonds is 7. The molecule has 2 rings (SSSR count). The van der Waals surface area contributed by atoms with Crippen molar-refractivity contribution in [2.24, 2.45) is 0 Å². The highest BCUT2D eigenvalue weighted by molar-refractivity contribution is 6.33. The summed E-state index contributed by atoms with van der Waals surface area (Å²) in [6, 6.07) is -1.24. The summed E-state index contributed by atoms with van der Waals surface area (Å²) in [4.78, 5) is 47.2. The molecule has 0 fully saturated rings. The van der Waals surface area contributed by atoms with Crippen molar-refractivity contribution in [3.63, 3.8) is 0 Å². The van der Waals surface area contributed by atoms with Crippen molar-refractivity contribution < 1.29 is 19.7 Å². The molecule has 0 bridgehead atoms. The molecule has 0 saturated carbocycles. The van der Waals surface area contributed by atoms with Gasteiger partial charge in [-0.05, 0) is 50.4 Å². The number of carbonyl (C=O) groups is 1. The summed E-state index contributed by atoms with van der Waals surface area (Å²) in [6.07, 6.45) is 1.25. The molecule has 0 amide bonds. The van der Waals surface area contributed by atoms with Crippen LogP contribution in [-0.4, -0.2) is 52.9 Å². The maximum absolute atomic E-state index is 11.3. The van der Waals surface area contributed by atoms with E-state index in [4.69, 9.17) is 34.8 Å². The van der Waals surface area contributed by atoms with Crippen LogP contribution < -0.4 is 4.90 Å². The predicted molar refractivity (Wildman–Crippen MR) is 116 cm³/mol. The molecule has 174 valence electrons. The summed E-state index contributed by atoms with van der Waals surface area (Å²) in [6.45, 7) is 6.58. The predicted octanol–water partition coefficient (Wildman–Crippen LogP) is 4.12. The fourth-order valence-corrected chi connectivity index (χ4v) is 3.28. The molecular weight excluding hydrogens is 493 g/mol. The number of aryl methyl sites for hydroxylation is 1. The topological polar surface area (TPSA) is 178 Å². The number of aromatic nitrogens is 4. The number of carboxylic acids is 1. The standard InChI is InChI=1S/C11H15ClN4O4.C5H3Cl2N3O2/c1-4-7(10(17)18)15(6(2)3)9-8(16(19)20)5-13-11(12)14-9;1-2-3(10(11)12)4(6)9-5(7)8-2/h5-7H,4H2,1-3H3,(H,17,18);1H3/t7-;/m1./s1. The molecule has 0 radical (unpaired) electrons. The molecule has 0 aromatic carbocycles. The van der Waals surface area contributed by atoms with E-state index in [2.05, 4.69) is 19.9 Å². The van der Waals surface area contributed by atoms with Crippen LogP contribution in [0.3, 0.4) is 0 Å². The van der Waals surface area contributed by atoms with E-state index in [1.54, 1.807) is 20.8 Å². The first-order valence-electron chi connectivity index (χ1n) is 8.83. The van der Waals surface area contributed by atoms with Crippen LogP contribution in [0.4, 0.5) is 17.2 Å². The number of carboxylic acid groups (broad SMARTS) is 1. The maximum atomic E-state index is 11.3. The zero-order valence-electron chi connectivity index (χ0n) is 17.2. The Balaban J connectivity index is 0.000000363. The number of halogens is 3. The van der Waals surface area contributed by atoms with Gasteiger partial charge in [0, 0.05) is 6.04 Å². The molecule has 32 heavy (non-hydrogen) atoms. The zero-order chi connectivity index (χ0) is 24.7. The third-order valence-electron chi connectivity index (χ3n) is 3.90. The van der Waals surface area contributed by atoms with E-state index in [0.717, 1.165) is 6.20 Å². The second kappa shape index (κ2) is 11.6. The van der Waals surface area contributed by atoms with Gasteiger partial charge in [0.25, 0.3) is 0 Å². The summed E-state index contributed by atoms with van der Waals surface area (Å²) in [7, 11) is 0. The molecular formula is C16H18Cl3N7O6. The molecule has 16 heteroatoms. The first-order valence-corrected chi connectivity index (χ1v) is 9.97. The quantitative estimate of drug-likeness (QED) is 0.245. The lowest BCUT2D eigenvalue weighted by molar-refractivity contribution is -0.385. The Bertz CT molecular complexity index is 1000. The van der Waals surface area contributed by atoms with Crippen LogP contribution >= 0.6 is 34.8 Å². The van der Waals surface area contributed by atoms with Gasteiger partial charge in [-0.25, -0.2) is 14.8 Å². The smallest absolute Gasteiger partial charge is 0.329 e. The molecule has 0 saturated heterocycles. The first kappa shape index (κ1) is 27.1. The van der Waals surface area contributed by atoms with E-state index >= 15 is 0 Å². The summed E-state index contributed by atoms with van der Waals surface area (Å²) in [5, 5.41) is 30.2. The number of hydrogen-bond donors (Lipinski definition) is 1. The Labute approximate surface area is 196 Å². The average molecular weight is 511 g/mol. The second-order valence-corrected chi connectivity index (χ2v) is 7.38. The number of nitrogens with zero attached hydrogens (tertiary/aromatic N) is 7. The van der Waals surface area contributed by atoms with E-state index < -0.39 is 21.9 Å². The SMILES string of the molecule is CC[C@H](C(=O)O)N(c1nc(Cl)ncc1[N+](=O)[O-])C(C)C.Cc1nc(Cl)nc(Cl)c1[N+](=O)[O-]. The van der Waals surface area contributed by atoms with Gasteiger partial charge >= 0.3 is 17.3 Å². The molecule has 0 aliphatic rings. The molecule has 13 nitrogen and oxygen atoms in total. The summed E-state index contributed by atoms with van der Waals surface area (Å²) in [5.74, 6) is -1.16. The van der Waals surface area contributed by atoms with Crippen LogP contribution in [0, 0.1) is 27.2 Å². The van der Waals surface area contributed by atoms with E-state index in [9.17, 15) is 30.1 Å². The lowest BCUT2D eigenvalue weighted by atomic mass is 10.1. The Morgan fingerprint density at radius 3 is 2.12 bits per heavy atom. The van der Waals surface area contributed by atoms with Crippen LogP contribution in [-0.2, 0) is 4.79 Å². The van der Waals surface area contributed by atoms with Gasteiger partial charge in [-0.1, -0.05) is 18.5 Å². The number of aliphatic carboxylic acids is 1. The van der Waals surface area contributed by atoms with Gasteiger partial charge in [0.2, 0.25) is 21.5 Å². The van der Waals surface area contributed by atoms with Crippen molar-refractivity contribution in [3.8, 4) is 0 Å². The number of anilines is 1. The van der Waals surface area contributed by atoms with Gasteiger partial charge in [0.1, 0.15) is 17.9 Å². The Kier molecular flexibility index (Phi) is 9.87. The zero-order valence-corrected chi connectivity index (χ0v) is 19.5. The molecule has 1 N–H and O–H groups in total. The molecule has 0 aliphatic heterocycles. The van der Waals surface area contributed by atoms with Crippen LogP contribution in [0.1, 0.15) is 32.9 Å². The summed E-state index contributed by atoms with van der Waals surface area (Å²) in [5.41, 5.74) is -0.520. The van der Waals surface area contributed by atoms with Gasteiger partial charge in [-0.15, -0.1) is 0 Å². The van der Waals surface area contributed by atoms with Gasteiger partial charge in [-0.2, -0.15) is 9.97 Å². The van der Waals surface area contributed by atoms with Crippen LogP contribution in [0.2, 0.25) is 15.7 Å². The Morgan fingerprint density at radius 2 is 1.72 bits per heavy atom. The highest BCUT2D eigenvalue weighted by Crippen LogP contribution is 2.30. The summed E-state index contributed by atoms with van der Waals surface area (Å²) >= 11 is 16.5. The minimum absolute atomic E-state index is 0.0840. The van der Waals surface area contributed by atoms with E-state index in [1.165, 1.54) is 11.8 Å². The molecule has 2 aromatic heterocycles. The van der Waals surface area contributed by atoms with Gasteiger partial charge in [-0.3, -0.25) is 20.2 Å². The lowest BCUT2D eigenvalue weighted by Crippen LogP contribution is -2.46. The van der Waals surface area contributed by atoms with Gasteiger partial charge in [0.15, 0.2) is 0 Å². The number of nitro groups is 2. The minimum Gasteiger partial charge on any atom is -0.480 e. The Hall–Kier alpha value is -2.90. The maximum Gasteiger partial charge on any atom is 0.329 e. The monoisotopic (exact) mass is 509 g/mol. The van der Waals surface area contributed by atoms with Crippen LogP contribution in [0.25, 0.3) is 0 Å². The van der Waals surface area contributed by atoms with Crippen molar-refractivity contribution in [2.75, 3.05) is 4.90 Å². The van der Waals surface area contributed by atoms with E-state index in [0.29, 0.717) is 0 Å². The highest BCUT2D eigenvalue weighted by atomic mass is 35.5. The normalized spacial score (nSPS) is 11.4. The average Bonchev–Trinajstić information content (AvgIpc) is 2.64. The Morgan fingerprint density at radius 1 is 1.12 bits per heavy atom. The highest BCUT2D eigenvalue weighted by Gasteiger charge is 2.33. The molecule has 0 aliphatic carbocycles. The van der Waals surface area contributed by atoms with Crippen molar-refractivity contribution in [3.05, 3.63) is 47.8 Å². The molecule has 1 atom stereocenters. The summed E-state index contributed by atoms with van der Waals surface area (Å²) < 4.78 is 0. The van der Waals surface area contributed by atoms with Crippen LogP contribution in [0.5, 0.6) is 0 Å². The van der Waals surface area contributed by atoms with Crippen LogP contribution in [0.15, 0.2) is 6.20 Å². The van der Waals surface area contributed by atoms with Gasteiger partial charge in [0.05, 0.1) is 9.85 Å². The third-order valence-corrected chi connectivity index (χ3v) is 4.51. The van der Waals surface area contributed by atoms with Crippen molar-refractivity contribution in [1.82, 2.24) is 19.9 Å². The first-order chi connectivity index (χ1) is 14.8. The minimum atomic E-state index is -1.08. The van der Waals surface area contributed by atoms with Crippen molar-refractivity contribution in [1.29, 1.82) is 0 Å². The lowest BCUT2D eigenvalue weighted by Gasteiger charge is -2.32. The number of hydrogen-bond acceptors (Lipinski definition) is 10. The van der Waals surface area contributed by atoms with Crippen molar-refractivity contribution >= 4 is 58.0 Å². The molecule has 0 spiro atoms. The second-order valence-electron chi connectivity index (χ2n) is 6.34. The largest absolute Gasteiger partial charge is 0.480 e. The van der Waals surface area contributed by atoms with E-state index in [1.807, 2.05) is 0 Å².